The van der Waals surface area contributed by atoms with Gasteiger partial charge >= 0.3 is 0 Å². The summed E-state index contributed by atoms with van der Waals surface area (Å²) in [5, 5.41) is 13.9. The number of halogens is 3. The van der Waals surface area contributed by atoms with Crippen LogP contribution in [0.3, 0.4) is 0 Å². The van der Waals surface area contributed by atoms with Crippen molar-refractivity contribution in [3.63, 3.8) is 0 Å². The Hall–Kier alpha value is -0.490. The summed E-state index contributed by atoms with van der Waals surface area (Å²) in [5.41, 5.74) is -0.273. The van der Waals surface area contributed by atoms with Gasteiger partial charge in [0.05, 0.1) is 10.4 Å². The van der Waals surface area contributed by atoms with E-state index < -0.39 is 6.10 Å². The van der Waals surface area contributed by atoms with Crippen LogP contribution in [0.1, 0.15) is 38.5 Å². The Balaban J connectivity index is 1.31. The molecule has 0 heterocycles. The van der Waals surface area contributed by atoms with Crippen molar-refractivity contribution in [2.75, 3.05) is 13.2 Å². The number of carbonyl (C=O) groups excluding carboxylic acids is 1. The minimum atomic E-state index is -0.809. The molecule has 3 atom stereocenters. The Morgan fingerprint density at radius 2 is 2.00 bits per heavy atom. The van der Waals surface area contributed by atoms with Crippen LogP contribution in [0.5, 0.6) is 5.75 Å². The molecule has 1 aromatic rings. The topological polar surface area (TPSA) is 58.6 Å². The first-order valence-electron chi connectivity index (χ1n) is 9.51. The van der Waals surface area contributed by atoms with Crippen molar-refractivity contribution in [3.05, 3.63) is 28.2 Å². The summed E-state index contributed by atoms with van der Waals surface area (Å²) >= 11 is 16.0. The second-order valence-corrected chi connectivity index (χ2v) is 11.1. The second kappa shape index (κ2) is 7.40. The Morgan fingerprint density at radius 3 is 2.67 bits per heavy atom. The Labute approximate surface area is 178 Å². The lowest BCUT2D eigenvalue weighted by atomic mass is 9.49. The largest absolute Gasteiger partial charge is 0.489 e. The molecule has 4 nitrogen and oxygen atoms in total. The van der Waals surface area contributed by atoms with Gasteiger partial charge in [-0.2, -0.15) is 0 Å². The van der Waals surface area contributed by atoms with Crippen molar-refractivity contribution >= 4 is 45.0 Å². The van der Waals surface area contributed by atoms with Crippen LogP contribution in [0.25, 0.3) is 0 Å². The zero-order chi connectivity index (χ0) is 19.2. The molecule has 7 heteroatoms. The van der Waals surface area contributed by atoms with Gasteiger partial charge in [0, 0.05) is 10.9 Å². The van der Waals surface area contributed by atoms with Gasteiger partial charge in [-0.3, -0.25) is 4.79 Å². The van der Waals surface area contributed by atoms with Gasteiger partial charge in [-0.25, -0.2) is 0 Å². The summed E-state index contributed by atoms with van der Waals surface area (Å²) < 4.78 is 5.69. The van der Waals surface area contributed by atoms with Crippen LogP contribution in [-0.2, 0) is 4.79 Å². The van der Waals surface area contributed by atoms with Gasteiger partial charge in [-0.15, -0.1) is 0 Å². The molecule has 0 saturated heterocycles. The first-order chi connectivity index (χ1) is 12.8. The molecule has 0 aliphatic heterocycles. The molecular formula is C20H24BrCl2NO3. The lowest BCUT2D eigenvalue weighted by molar-refractivity contribution is -0.144. The van der Waals surface area contributed by atoms with E-state index in [9.17, 15) is 9.90 Å². The van der Waals surface area contributed by atoms with E-state index in [1.54, 1.807) is 18.2 Å². The molecule has 4 fully saturated rings. The van der Waals surface area contributed by atoms with Gasteiger partial charge < -0.3 is 15.2 Å². The monoisotopic (exact) mass is 475 g/mol. The molecule has 0 spiro atoms. The van der Waals surface area contributed by atoms with E-state index in [-0.39, 0.29) is 28.8 Å². The van der Waals surface area contributed by atoms with Gasteiger partial charge in [-0.1, -0.05) is 45.2 Å². The summed E-state index contributed by atoms with van der Waals surface area (Å²) in [5.74, 6) is 1.81. The number of ether oxygens (including phenoxy) is 1. The molecule has 4 bridgehead atoms. The number of carbonyl (C=O) groups is 1. The normalized spacial score (nSPS) is 35.1. The molecule has 1 amide bonds. The van der Waals surface area contributed by atoms with Crippen molar-refractivity contribution < 1.29 is 14.6 Å². The smallest absolute Gasteiger partial charge is 0.226 e. The van der Waals surface area contributed by atoms with Crippen LogP contribution < -0.4 is 10.1 Å². The minimum absolute atomic E-state index is 0.0426. The molecule has 4 aliphatic carbocycles. The summed E-state index contributed by atoms with van der Waals surface area (Å²) in [6.07, 6.45) is 5.70. The van der Waals surface area contributed by atoms with Crippen molar-refractivity contribution in [1.29, 1.82) is 0 Å². The summed E-state index contributed by atoms with van der Waals surface area (Å²) in [6, 6.07) is 5.11. The molecule has 0 aromatic heterocycles. The van der Waals surface area contributed by atoms with Gasteiger partial charge in [0.1, 0.15) is 23.5 Å². The third-order valence-electron chi connectivity index (χ3n) is 6.32. The lowest BCUT2D eigenvalue weighted by Gasteiger charge is -2.59. The van der Waals surface area contributed by atoms with Crippen molar-refractivity contribution in [2.24, 2.45) is 17.3 Å². The van der Waals surface area contributed by atoms with E-state index >= 15 is 0 Å². The fraction of sp³-hybridized carbons (Fsp3) is 0.650. The number of aliphatic hydroxyl groups excluding tert-OH is 1. The van der Waals surface area contributed by atoms with Crippen LogP contribution in [0.2, 0.25) is 10.0 Å². The summed E-state index contributed by atoms with van der Waals surface area (Å²) in [6.45, 7) is 0.213. The fourth-order valence-electron chi connectivity index (χ4n) is 5.65. The Morgan fingerprint density at radius 1 is 1.30 bits per heavy atom. The van der Waals surface area contributed by atoms with Crippen LogP contribution in [0, 0.1) is 17.3 Å². The number of hydrogen-bond acceptors (Lipinski definition) is 3. The first kappa shape index (κ1) is 19.8. The average molecular weight is 477 g/mol. The number of amides is 1. The maximum atomic E-state index is 13.0. The van der Waals surface area contributed by atoms with Gasteiger partial charge in [0.2, 0.25) is 5.91 Å². The summed E-state index contributed by atoms with van der Waals surface area (Å²) in [7, 11) is 0. The molecular weight excluding hydrogens is 453 g/mol. The molecule has 4 aliphatic rings. The molecule has 148 valence electrons. The zero-order valence-corrected chi connectivity index (χ0v) is 18.1. The summed E-state index contributed by atoms with van der Waals surface area (Å²) in [4.78, 5) is 13.0. The highest BCUT2D eigenvalue weighted by Gasteiger charge is 2.59. The van der Waals surface area contributed by atoms with Crippen LogP contribution in [0.15, 0.2) is 18.2 Å². The number of rotatable bonds is 6. The number of benzene rings is 1. The Kier molecular flexibility index (Phi) is 5.43. The number of alkyl halides is 1. The minimum Gasteiger partial charge on any atom is -0.489 e. The zero-order valence-electron chi connectivity index (χ0n) is 15.0. The number of aliphatic hydroxyl groups is 1. The second-order valence-electron chi connectivity index (χ2n) is 8.62. The van der Waals surface area contributed by atoms with Gasteiger partial charge in [0.25, 0.3) is 0 Å². The highest BCUT2D eigenvalue weighted by Crippen LogP contribution is 2.64. The standard InChI is InChI=1S/C20H24BrCl2NO3/c21-20-7-12-4-13(8-20)6-19(5-12,11-20)18(26)24-9-14(25)10-27-16-3-1-2-15(22)17(16)23/h1-3,12-14,25H,4-11H2,(H,24,26). The van der Waals surface area contributed by atoms with Gasteiger partial charge in [-0.05, 0) is 62.5 Å². The maximum absolute atomic E-state index is 13.0. The predicted molar refractivity (Wildman–Crippen MR) is 110 cm³/mol. The molecule has 4 saturated carbocycles. The highest BCUT2D eigenvalue weighted by molar-refractivity contribution is 9.10. The van der Waals surface area contributed by atoms with Crippen molar-refractivity contribution in [3.8, 4) is 5.75 Å². The van der Waals surface area contributed by atoms with Crippen molar-refractivity contribution in [2.45, 2.75) is 49.0 Å². The molecule has 3 unspecified atom stereocenters. The molecule has 1 aromatic carbocycles. The quantitative estimate of drug-likeness (QED) is 0.590. The third kappa shape index (κ3) is 3.98. The van der Waals surface area contributed by atoms with E-state index in [0.717, 1.165) is 19.3 Å². The predicted octanol–water partition coefficient (Wildman–Crippen LogP) is 4.58. The molecule has 0 radical (unpaired) electrons. The van der Waals surface area contributed by atoms with Crippen LogP contribution >= 0.6 is 39.1 Å². The maximum Gasteiger partial charge on any atom is 0.226 e. The van der Waals surface area contributed by atoms with Crippen molar-refractivity contribution in [1.82, 2.24) is 5.32 Å². The van der Waals surface area contributed by atoms with E-state index in [4.69, 9.17) is 27.9 Å². The Bertz CT molecular complexity index is 730. The molecule has 27 heavy (non-hydrogen) atoms. The van der Waals surface area contributed by atoms with E-state index in [1.165, 1.54) is 19.3 Å². The number of nitrogens with one attached hydrogen (secondary N) is 1. The van der Waals surface area contributed by atoms with E-state index in [0.29, 0.717) is 27.6 Å². The SMILES string of the molecule is O=C(NCC(O)COc1cccc(Cl)c1Cl)C12CC3CC(CC(Br)(C3)C1)C2. The lowest BCUT2D eigenvalue weighted by Crippen LogP contribution is -2.58. The van der Waals surface area contributed by atoms with Gasteiger partial charge in [0.15, 0.2) is 0 Å². The third-order valence-corrected chi connectivity index (χ3v) is 8.05. The van der Waals surface area contributed by atoms with E-state index in [1.807, 2.05) is 0 Å². The van der Waals surface area contributed by atoms with E-state index in [2.05, 4.69) is 21.2 Å². The van der Waals surface area contributed by atoms with Crippen LogP contribution in [0.4, 0.5) is 0 Å². The first-order valence-corrected chi connectivity index (χ1v) is 11.1. The number of hydrogen-bond donors (Lipinski definition) is 2. The molecule has 5 rings (SSSR count). The highest BCUT2D eigenvalue weighted by atomic mass is 79.9. The molecule has 2 N–H and O–H groups in total. The van der Waals surface area contributed by atoms with Crippen LogP contribution in [-0.4, -0.2) is 34.6 Å². The fourth-order valence-corrected chi connectivity index (χ4v) is 7.45. The average Bonchev–Trinajstić information content (AvgIpc) is 2.58.